The lowest BCUT2D eigenvalue weighted by molar-refractivity contribution is 0.0931. The lowest BCUT2D eigenvalue weighted by atomic mass is 10.0. The van der Waals surface area contributed by atoms with Crippen LogP contribution in [-0.2, 0) is 0 Å². The topological polar surface area (TPSA) is 50.4 Å². The first kappa shape index (κ1) is 13.9. The van der Waals surface area contributed by atoms with Crippen LogP contribution in [0.3, 0.4) is 0 Å². The third kappa shape index (κ3) is 2.85. The fraction of sp³-hybridized carbons (Fsp3) is 0.353. The fourth-order valence-corrected chi connectivity index (χ4v) is 2.88. The second-order valence-electron chi connectivity index (χ2n) is 5.36. The van der Waals surface area contributed by atoms with E-state index in [4.69, 9.17) is 4.74 Å². The van der Waals surface area contributed by atoms with Crippen molar-refractivity contribution in [3.05, 3.63) is 42.0 Å². The predicted octanol–water partition coefficient (Wildman–Crippen LogP) is 2.33. The molecule has 0 aromatic heterocycles. The minimum absolute atomic E-state index is 0.000697. The Morgan fingerprint density at radius 3 is 2.57 bits per heavy atom. The number of piperidine rings is 1. The Balaban J connectivity index is 1.91. The number of methoxy groups -OCH3 is 1. The third-order valence-corrected chi connectivity index (χ3v) is 4.02. The van der Waals surface area contributed by atoms with Crippen LogP contribution in [0.1, 0.15) is 23.2 Å². The third-order valence-electron chi connectivity index (χ3n) is 4.02. The predicted molar refractivity (Wildman–Crippen MR) is 83.9 cm³/mol. The molecule has 0 spiro atoms. The van der Waals surface area contributed by atoms with E-state index in [1.54, 1.807) is 7.11 Å². The SMILES string of the molecule is COc1ccc(C(=O)NC2CCNCC2)c2ccccc12. The number of carbonyl (C=O) groups is 1. The molecule has 1 heterocycles. The zero-order valence-electron chi connectivity index (χ0n) is 12.2. The number of carbonyl (C=O) groups excluding carboxylic acids is 1. The molecule has 110 valence electrons. The number of nitrogens with one attached hydrogen (secondary N) is 2. The summed E-state index contributed by atoms with van der Waals surface area (Å²) in [4.78, 5) is 12.6. The molecule has 4 heteroatoms. The van der Waals surface area contributed by atoms with Gasteiger partial charge in [0.25, 0.3) is 5.91 Å². The van der Waals surface area contributed by atoms with Crippen molar-refractivity contribution in [3.63, 3.8) is 0 Å². The van der Waals surface area contributed by atoms with Gasteiger partial charge in [0.05, 0.1) is 7.11 Å². The van der Waals surface area contributed by atoms with Crippen LogP contribution < -0.4 is 15.4 Å². The van der Waals surface area contributed by atoms with Crippen molar-refractivity contribution < 1.29 is 9.53 Å². The molecule has 1 amide bonds. The highest BCUT2D eigenvalue weighted by Gasteiger charge is 2.18. The molecular formula is C17H20N2O2. The monoisotopic (exact) mass is 284 g/mol. The molecule has 2 N–H and O–H groups in total. The molecule has 0 saturated carbocycles. The maximum absolute atomic E-state index is 12.6. The van der Waals surface area contributed by atoms with Crippen molar-refractivity contribution in [1.29, 1.82) is 0 Å². The molecule has 0 aliphatic carbocycles. The second kappa shape index (κ2) is 6.14. The van der Waals surface area contributed by atoms with Crippen LogP contribution in [0, 0.1) is 0 Å². The van der Waals surface area contributed by atoms with Gasteiger partial charge in [-0.25, -0.2) is 0 Å². The van der Waals surface area contributed by atoms with Crippen molar-refractivity contribution in [3.8, 4) is 5.75 Å². The number of ether oxygens (including phenoxy) is 1. The molecule has 0 bridgehead atoms. The first-order valence-electron chi connectivity index (χ1n) is 7.37. The molecule has 4 nitrogen and oxygen atoms in total. The zero-order chi connectivity index (χ0) is 14.7. The summed E-state index contributed by atoms with van der Waals surface area (Å²) >= 11 is 0. The van der Waals surface area contributed by atoms with E-state index in [0.717, 1.165) is 42.5 Å². The summed E-state index contributed by atoms with van der Waals surface area (Å²) in [5, 5.41) is 8.35. The summed E-state index contributed by atoms with van der Waals surface area (Å²) in [5.41, 5.74) is 0.713. The largest absolute Gasteiger partial charge is 0.496 e. The highest BCUT2D eigenvalue weighted by atomic mass is 16.5. The zero-order valence-corrected chi connectivity index (χ0v) is 12.2. The van der Waals surface area contributed by atoms with Gasteiger partial charge in [0.2, 0.25) is 0 Å². The highest BCUT2D eigenvalue weighted by molar-refractivity contribution is 6.08. The highest BCUT2D eigenvalue weighted by Crippen LogP contribution is 2.28. The average molecular weight is 284 g/mol. The van der Waals surface area contributed by atoms with Crippen LogP contribution in [0.2, 0.25) is 0 Å². The van der Waals surface area contributed by atoms with Gasteiger partial charge in [-0.05, 0) is 43.5 Å². The lowest BCUT2D eigenvalue weighted by Gasteiger charge is -2.24. The Labute approximate surface area is 124 Å². The number of amides is 1. The van der Waals surface area contributed by atoms with E-state index < -0.39 is 0 Å². The summed E-state index contributed by atoms with van der Waals surface area (Å²) in [6.45, 7) is 1.93. The summed E-state index contributed by atoms with van der Waals surface area (Å²) < 4.78 is 5.37. The smallest absolute Gasteiger partial charge is 0.252 e. The van der Waals surface area contributed by atoms with E-state index in [1.165, 1.54) is 0 Å². The Morgan fingerprint density at radius 2 is 1.86 bits per heavy atom. The van der Waals surface area contributed by atoms with Crippen molar-refractivity contribution in [2.24, 2.45) is 0 Å². The van der Waals surface area contributed by atoms with Gasteiger partial charge in [0.1, 0.15) is 5.75 Å². The van der Waals surface area contributed by atoms with Crippen molar-refractivity contribution in [1.82, 2.24) is 10.6 Å². The molecule has 0 unspecified atom stereocenters. The first-order valence-corrected chi connectivity index (χ1v) is 7.37. The van der Waals surface area contributed by atoms with E-state index >= 15 is 0 Å². The van der Waals surface area contributed by atoms with Gasteiger partial charge in [-0.3, -0.25) is 4.79 Å². The maximum Gasteiger partial charge on any atom is 0.252 e. The number of rotatable bonds is 3. The molecule has 1 aliphatic rings. The maximum atomic E-state index is 12.6. The fourth-order valence-electron chi connectivity index (χ4n) is 2.88. The normalized spacial score (nSPS) is 15.9. The summed E-state index contributed by atoms with van der Waals surface area (Å²) in [5.74, 6) is 0.796. The summed E-state index contributed by atoms with van der Waals surface area (Å²) in [6, 6.07) is 11.8. The molecule has 0 radical (unpaired) electrons. The molecule has 0 atom stereocenters. The first-order chi connectivity index (χ1) is 10.3. The van der Waals surface area contributed by atoms with E-state index in [2.05, 4.69) is 10.6 Å². The Bertz CT molecular complexity index is 648. The van der Waals surface area contributed by atoms with E-state index in [1.807, 2.05) is 36.4 Å². The number of hydrogen-bond donors (Lipinski definition) is 2. The summed E-state index contributed by atoms with van der Waals surface area (Å²) in [7, 11) is 1.65. The summed E-state index contributed by atoms with van der Waals surface area (Å²) in [6.07, 6.45) is 1.97. The van der Waals surface area contributed by atoms with Gasteiger partial charge in [-0.2, -0.15) is 0 Å². The molecule has 1 saturated heterocycles. The van der Waals surface area contributed by atoms with Crippen LogP contribution in [0.25, 0.3) is 10.8 Å². The standard InChI is InChI=1S/C17H20N2O2/c1-21-16-7-6-15(13-4-2-3-5-14(13)16)17(20)19-12-8-10-18-11-9-12/h2-7,12,18H,8-11H2,1H3,(H,19,20). The van der Waals surface area contributed by atoms with Crippen LogP contribution in [0.5, 0.6) is 5.75 Å². The van der Waals surface area contributed by atoms with Gasteiger partial charge in [-0.15, -0.1) is 0 Å². The Hall–Kier alpha value is -2.07. The lowest BCUT2D eigenvalue weighted by Crippen LogP contribution is -2.42. The molecule has 21 heavy (non-hydrogen) atoms. The van der Waals surface area contributed by atoms with Crippen LogP contribution >= 0.6 is 0 Å². The van der Waals surface area contributed by atoms with E-state index in [0.29, 0.717) is 5.56 Å². The molecule has 2 aromatic rings. The van der Waals surface area contributed by atoms with Crippen LogP contribution in [0.15, 0.2) is 36.4 Å². The Kier molecular flexibility index (Phi) is 4.06. The number of benzene rings is 2. The molecule has 1 fully saturated rings. The molecule has 2 aromatic carbocycles. The number of fused-ring (bicyclic) bond motifs is 1. The average Bonchev–Trinajstić information content (AvgIpc) is 2.54. The minimum Gasteiger partial charge on any atom is -0.496 e. The van der Waals surface area contributed by atoms with Crippen LogP contribution in [-0.4, -0.2) is 32.1 Å². The van der Waals surface area contributed by atoms with Gasteiger partial charge in [0, 0.05) is 17.0 Å². The van der Waals surface area contributed by atoms with Crippen molar-refractivity contribution >= 4 is 16.7 Å². The van der Waals surface area contributed by atoms with Gasteiger partial charge >= 0.3 is 0 Å². The van der Waals surface area contributed by atoms with Crippen molar-refractivity contribution in [2.75, 3.05) is 20.2 Å². The van der Waals surface area contributed by atoms with Crippen molar-refractivity contribution in [2.45, 2.75) is 18.9 Å². The van der Waals surface area contributed by atoms with Gasteiger partial charge in [0.15, 0.2) is 0 Å². The van der Waals surface area contributed by atoms with E-state index in [-0.39, 0.29) is 11.9 Å². The Morgan fingerprint density at radius 1 is 1.14 bits per heavy atom. The van der Waals surface area contributed by atoms with Crippen LogP contribution in [0.4, 0.5) is 0 Å². The quantitative estimate of drug-likeness (QED) is 0.909. The van der Waals surface area contributed by atoms with Gasteiger partial charge < -0.3 is 15.4 Å². The molecule has 1 aliphatic heterocycles. The number of hydrogen-bond acceptors (Lipinski definition) is 3. The van der Waals surface area contributed by atoms with E-state index in [9.17, 15) is 4.79 Å². The van der Waals surface area contributed by atoms with Gasteiger partial charge in [-0.1, -0.05) is 24.3 Å². The second-order valence-corrected chi connectivity index (χ2v) is 5.36. The minimum atomic E-state index is 0.000697. The molecular weight excluding hydrogens is 264 g/mol. The molecule has 3 rings (SSSR count).